The monoisotopic (exact) mass is 245 g/mol. The van der Waals surface area contributed by atoms with Crippen LogP contribution in [0, 0.1) is 0 Å². The number of hydrogen-bond donors (Lipinski definition) is 2. The molecule has 0 aliphatic rings. The molecule has 0 atom stereocenters. The number of carboxylic acid groups (broad SMARTS) is 1. The van der Waals surface area contributed by atoms with Gasteiger partial charge in [-0.25, -0.2) is 9.78 Å². The average molecular weight is 246 g/mol. The molecule has 7 heteroatoms. The Kier molecular flexibility index (Phi) is 2.21. The predicted octanol–water partition coefficient (Wildman–Crippen LogP) is 1.92. The van der Waals surface area contributed by atoms with E-state index in [4.69, 9.17) is 34.0 Å². The summed E-state index contributed by atoms with van der Waals surface area (Å²) < 4.78 is 1.20. The van der Waals surface area contributed by atoms with Crippen molar-refractivity contribution in [2.75, 3.05) is 5.73 Å². The van der Waals surface area contributed by atoms with E-state index in [1.54, 1.807) is 0 Å². The zero-order valence-corrected chi connectivity index (χ0v) is 8.75. The zero-order chi connectivity index (χ0) is 11.2. The molecule has 78 valence electrons. The minimum atomic E-state index is -1.21. The number of nitrogens with zero attached hydrogens (tertiary/aromatic N) is 2. The molecule has 0 bridgehead atoms. The molecule has 0 spiro atoms. The van der Waals surface area contributed by atoms with Crippen molar-refractivity contribution in [2.24, 2.45) is 0 Å². The van der Waals surface area contributed by atoms with Crippen LogP contribution in [-0.2, 0) is 0 Å². The second kappa shape index (κ2) is 3.29. The number of pyridine rings is 1. The van der Waals surface area contributed by atoms with Gasteiger partial charge in [0.15, 0.2) is 10.8 Å². The van der Waals surface area contributed by atoms with Gasteiger partial charge >= 0.3 is 5.97 Å². The number of carbonyl (C=O) groups is 1. The maximum absolute atomic E-state index is 10.9. The third kappa shape index (κ3) is 1.40. The molecule has 2 rings (SSSR count). The molecule has 2 heterocycles. The maximum atomic E-state index is 10.9. The number of fused-ring (bicyclic) bond motifs is 1. The van der Waals surface area contributed by atoms with Crippen LogP contribution in [0.5, 0.6) is 0 Å². The Balaban J connectivity index is 2.96. The second-order valence-electron chi connectivity index (χ2n) is 2.82. The van der Waals surface area contributed by atoms with E-state index in [2.05, 4.69) is 4.98 Å². The summed E-state index contributed by atoms with van der Waals surface area (Å²) in [7, 11) is 0. The van der Waals surface area contributed by atoms with Crippen LogP contribution in [0.4, 0.5) is 5.82 Å². The second-order valence-corrected chi connectivity index (χ2v) is 3.58. The highest BCUT2D eigenvalue weighted by Crippen LogP contribution is 2.25. The van der Waals surface area contributed by atoms with Crippen molar-refractivity contribution in [3.63, 3.8) is 0 Å². The molecule has 5 nitrogen and oxygen atoms in total. The van der Waals surface area contributed by atoms with Crippen LogP contribution in [0.25, 0.3) is 5.65 Å². The molecule has 0 aliphatic carbocycles. The number of nitrogen functional groups attached to an aromatic ring is 1. The van der Waals surface area contributed by atoms with Crippen molar-refractivity contribution in [1.29, 1.82) is 0 Å². The van der Waals surface area contributed by atoms with Gasteiger partial charge < -0.3 is 10.8 Å². The Morgan fingerprint density at radius 2 is 2.13 bits per heavy atom. The van der Waals surface area contributed by atoms with Crippen molar-refractivity contribution in [3.05, 3.63) is 28.0 Å². The summed E-state index contributed by atoms with van der Waals surface area (Å²) in [6.07, 6.45) is 0. The van der Waals surface area contributed by atoms with Gasteiger partial charge in [0.1, 0.15) is 11.5 Å². The first kappa shape index (κ1) is 10.1. The lowest BCUT2D eigenvalue weighted by atomic mass is 10.4. The molecular formula is C8H5Cl2N3O2. The topological polar surface area (TPSA) is 80.6 Å². The number of halogens is 2. The Morgan fingerprint density at radius 3 is 2.73 bits per heavy atom. The predicted molar refractivity (Wildman–Crippen MR) is 56.6 cm³/mol. The summed E-state index contributed by atoms with van der Waals surface area (Å²) in [5, 5.41) is 9.06. The first-order valence-electron chi connectivity index (χ1n) is 3.87. The molecule has 0 amide bonds. The van der Waals surface area contributed by atoms with Gasteiger partial charge in [-0.1, -0.05) is 23.2 Å². The molecule has 15 heavy (non-hydrogen) atoms. The summed E-state index contributed by atoms with van der Waals surface area (Å²) in [6.45, 7) is 0. The van der Waals surface area contributed by atoms with Crippen LogP contribution in [0.15, 0.2) is 12.1 Å². The minimum absolute atomic E-state index is 0.103. The highest BCUT2D eigenvalue weighted by Gasteiger charge is 2.19. The van der Waals surface area contributed by atoms with Crippen LogP contribution in [-0.4, -0.2) is 20.5 Å². The van der Waals surface area contributed by atoms with Gasteiger partial charge in [-0.2, -0.15) is 0 Å². The molecule has 0 aliphatic heterocycles. The van der Waals surface area contributed by atoms with Gasteiger partial charge in [0.2, 0.25) is 0 Å². The van der Waals surface area contributed by atoms with E-state index in [-0.39, 0.29) is 21.7 Å². The number of aromatic carboxylic acids is 1. The van der Waals surface area contributed by atoms with Crippen LogP contribution in [0.3, 0.4) is 0 Å². The molecule has 0 aromatic carbocycles. The minimum Gasteiger partial charge on any atom is -0.476 e. The average Bonchev–Trinajstić information content (AvgIpc) is 2.49. The van der Waals surface area contributed by atoms with Gasteiger partial charge in [-0.05, 0) is 12.1 Å². The molecule has 0 saturated heterocycles. The van der Waals surface area contributed by atoms with Crippen molar-refractivity contribution in [2.45, 2.75) is 0 Å². The normalized spacial score (nSPS) is 10.8. The largest absolute Gasteiger partial charge is 0.476 e. The van der Waals surface area contributed by atoms with E-state index in [0.717, 1.165) is 0 Å². The van der Waals surface area contributed by atoms with Crippen molar-refractivity contribution in [1.82, 2.24) is 9.38 Å². The van der Waals surface area contributed by atoms with Gasteiger partial charge in [0.05, 0.1) is 5.02 Å². The fourth-order valence-corrected chi connectivity index (χ4v) is 1.69. The quantitative estimate of drug-likeness (QED) is 0.805. The third-order valence-corrected chi connectivity index (χ3v) is 2.51. The smallest absolute Gasteiger partial charge is 0.356 e. The number of hydrogen-bond acceptors (Lipinski definition) is 3. The Morgan fingerprint density at radius 1 is 1.47 bits per heavy atom. The lowest BCUT2D eigenvalue weighted by molar-refractivity contribution is 0.0690. The number of aromatic nitrogens is 2. The van der Waals surface area contributed by atoms with E-state index in [0.29, 0.717) is 5.65 Å². The standard InChI is InChI=1S/C8H5Cl2N3O2/c9-3-1-2-4-12-6(10)5(8(14)15)13(4)7(3)11/h1-2H,11H2,(H,14,15). The summed E-state index contributed by atoms with van der Waals surface area (Å²) in [4.78, 5) is 14.8. The lowest BCUT2D eigenvalue weighted by Crippen LogP contribution is -2.06. The van der Waals surface area contributed by atoms with E-state index >= 15 is 0 Å². The number of anilines is 1. The molecule has 2 aromatic rings. The number of carboxylic acids is 1. The number of imidazole rings is 1. The van der Waals surface area contributed by atoms with E-state index in [9.17, 15) is 4.79 Å². The highest BCUT2D eigenvalue weighted by atomic mass is 35.5. The first-order valence-corrected chi connectivity index (χ1v) is 4.63. The first-order chi connectivity index (χ1) is 7.02. The van der Waals surface area contributed by atoms with Crippen LogP contribution in [0.2, 0.25) is 10.2 Å². The third-order valence-electron chi connectivity index (χ3n) is 1.93. The Hall–Kier alpha value is -1.46. The fourth-order valence-electron chi connectivity index (χ4n) is 1.29. The molecule has 0 radical (unpaired) electrons. The Labute approximate surface area is 94.0 Å². The zero-order valence-electron chi connectivity index (χ0n) is 7.24. The van der Waals surface area contributed by atoms with E-state index in [1.807, 2.05) is 0 Å². The van der Waals surface area contributed by atoms with Crippen LogP contribution in [0.1, 0.15) is 10.5 Å². The summed E-state index contributed by atoms with van der Waals surface area (Å²) in [5.41, 5.74) is 5.80. The van der Waals surface area contributed by atoms with Crippen LogP contribution < -0.4 is 5.73 Å². The van der Waals surface area contributed by atoms with Crippen molar-refractivity contribution < 1.29 is 9.90 Å². The van der Waals surface area contributed by atoms with E-state index < -0.39 is 5.97 Å². The van der Waals surface area contributed by atoms with Crippen molar-refractivity contribution in [3.8, 4) is 0 Å². The lowest BCUT2D eigenvalue weighted by Gasteiger charge is -2.03. The van der Waals surface area contributed by atoms with Crippen LogP contribution >= 0.6 is 23.2 Å². The van der Waals surface area contributed by atoms with Crippen molar-refractivity contribution >= 4 is 40.6 Å². The highest BCUT2D eigenvalue weighted by molar-refractivity contribution is 6.34. The van der Waals surface area contributed by atoms with Gasteiger partial charge in [0, 0.05) is 0 Å². The van der Waals surface area contributed by atoms with Gasteiger partial charge in [0.25, 0.3) is 0 Å². The molecule has 3 N–H and O–H groups in total. The summed E-state index contributed by atoms with van der Waals surface area (Å²) >= 11 is 11.4. The number of nitrogens with two attached hydrogens (primary N) is 1. The fraction of sp³-hybridized carbons (Fsp3) is 0. The van der Waals surface area contributed by atoms with Gasteiger partial charge in [-0.3, -0.25) is 4.40 Å². The Bertz CT molecular complexity index is 565. The molecule has 0 unspecified atom stereocenters. The molecule has 0 fully saturated rings. The SMILES string of the molecule is Nc1c(Cl)ccc2nc(Cl)c(C(=O)O)n12. The van der Waals surface area contributed by atoms with Gasteiger partial charge in [-0.15, -0.1) is 0 Å². The van der Waals surface area contributed by atoms with E-state index in [1.165, 1.54) is 16.5 Å². The summed E-state index contributed by atoms with van der Waals surface area (Å²) in [6, 6.07) is 3.07. The maximum Gasteiger partial charge on any atom is 0.356 e. The molecule has 0 saturated carbocycles. The molecule has 2 aromatic heterocycles. The number of rotatable bonds is 1. The summed E-state index contributed by atoms with van der Waals surface area (Å²) in [5.74, 6) is -1.10. The molecular weight excluding hydrogens is 241 g/mol.